The number of hydrogen-bond acceptors (Lipinski definition) is 3. The number of fused-ring (bicyclic) bond motifs is 1. The number of halogens is 3. The van der Waals surface area contributed by atoms with E-state index < -0.39 is 17.2 Å². The molecular formula is C23H21F3N2O2. The molecule has 3 aromatic rings. The molecular weight excluding hydrogens is 393 g/mol. The zero-order chi connectivity index (χ0) is 21.8. The van der Waals surface area contributed by atoms with Gasteiger partial charge in [0.1, 0.15) is 5.76 Å². The molecule has 1 atom stereocenters. The van der Waals surface area contributed by atoms with Gasteiger partial charge in [-0.15, -0.1) is 0 Å². The molecule has 1 aromatic heterocycles. The summed E-state index contributed by atoms with van der Waals surface area (Å²) in [4.78, 5) is 14.8. The van der Waals surface area contributed by atoms with Crippen LogP contribution in [0.2, 0.25) is 0 Å². The Morgan fingerprint density at radius 3 is 2.43 bits per heavy atom. The number of anilines is 1. The Hall–Kier alpha value is -3.09. The van der Waals surface area contributed by atoms with E-state index in [1.54, 1.807) is 30.1 Å². The van der Waals surface area contributed by atoms with E-state index in [-0.39, 0.29) is 5.91 Å². The van der Waals surface area contributed by atoms with Crippen LogP contribution in [-0.2, 0) is 22.8 Å². The number of amides is 1. The van der Waals surface area contributed by atoms with Gasteiger partial charge in [0.15, 0.2) is 0 Å². The zero-order valence-corrected chi connectivity index (χ0v) is 17.1. The molecule has 156 valence electrons. The molecule has 0 fully saturated rings. The Morgan fingerprint density at radius 1 is 1.10 bits per heavy atom. The smallest absolute Gasteiger partial charge is 0.361 e. The number of rotatable bonds is 3. The summed E-state index contributed by atoms with van der Waals surface area (Å²) in [6, 6.07) is 10.6. The molecule has 7 heteroatoms. The average Bonchev–Trinajstić information content (AvgIpc) is 3.12. The molecule has 0 radical (unpaired) electrons. The van der Waals surface area contributed by atoms with E-state index in [2.05, 4.69) is 5.16 Å². The summed E-state index contributed by atoms with van der Waals surface area (Å²) >= 11 is 0. The van der Waals surface area contributed by atoms with E-state index in [9.17, 15) is 18.0 Å². The third kappa shape index (κ3) is 3.09. The van der Waals surface area contributed by atoms with Crippen LogP contribution >= 0.6 is 0 Å². The van der Waals surface area contributed by atoms with Gasteiger partial charge < -0.3 is 9.42 Å². The van der Waals surface area contributed by atoms with Crippen molar-refractivity contribution in [2.24, 2.45) is 0 Å². The van der Waals surface area contributed by atoms with Gasteiger partial charge in [0.05, 0.1) is 16.7 Å². The minimum atomic E-state index is -4.42. The number of aryl methyl sites for hydroxylation is 2. The van der Waals surface area contributed by atoms with Crippen molar-refractivity contribution in [3.05, 3.63) is 70.6 Å². The van der Waals surface area contributed by atoms with Gasteiger partial charge in [-0.05, 0) is 68.1 Å². The summed E-state index contributed by atoms with van der Waals surface area (Å²) in [5, 5.41) is 3.98. The quantitative estimate of drug-likeness (QED) is 0.572. The molecule has 2 aromatic carbocycles. The number of aromatic nitrogens is 1. The highest BCUT2D eigenvalue weighted by Gasteiger charge is 2.47. The molecule has 1 aliphatic heterocycles. The van der Waals surface area contributed by atoms with Crippen molar-refractivity contribution in [3.8, 4) is 11.1 Å². The molecule has 0 spiro atoms. The van der Waals surface area contributed by atoms with Crippen LogP contribution in [0.25, 0.3) is 11.1 Å². The molecule has 0 saturated carbocycles. The third-order valence-electron chi connectivity index (χ3n) is 5.96. The SMILES string of the molecule is Cc1noc(C)c1CC1(C)C(=O)N(C)c2ccc(-c3cccc(C(F)(F)F)c3)cc21. The first kappa shape index (κ1) is 20.2. The van der Waals surface area contributed by atoms with E-state index in [0.717, 1.165) is 34.6 Å². The third-order valence-corrected chi connectivity index (χ3v) is 5.96. The fourth-order valence-corrected chi connectivity index (χ4v) is 4.20. The van der Waals surface area contributed by atoms with Gasteiger partial charge in [0.2, 0.25) is 5.91 Å². The molecule has 1 aliphatic rings. The Labute approximate surface area is 172 Å². The lowest BCUT2D eigenvalue weighted by Gasteiger charge is -2.23. The first-order valence-corrected chi connectivity index (χ1v) is 9.54. The number of benzene rings is 2. The van der Waals surface area contributed by atoms with E-state index in [4.69, 9.17) is 4.52 Å². The minimum Gasteiger partial charge on any atom is -0.361 e. The summed E-state index contributed by atoms with van der Waals surface area (Å²) < 4.78 is 44.7. The Kier molecular flexibility index (Phi) is 4.52. The second-order valence-electron chi connectivity index (χ2n) is 7.99. The van der Waals surface area contributed by atoms with Gasteiger partial charge in [-0.25, -0.2) is 0 Å². The highest BCUT2D eigenvalue weighted by atomic mass is 19.4. The molecule has 0 aliphatic carbocycles. The van der Waals surface area contributed by atoms with Crippen LogP contribution in [0.1, 0.15) is 35.1 Å². The summed E-state index contributed by atoms with van der Waals surface area (Å²) in [5.41, 5.74) is 2.65. The maximum Gasteiger partial charge on any atom is 0.416 e. The average molecular weight is 414 g/mol. The van der Waals surface area contributed by atoms with E-state index in [1.807, 2.05) is 26.8 Å². The maximum atomic E-state index is 13.2. The second-order valence-corrected chi connectivity index (χ2v) is 7.99. The van der Waals surface area contributed by atoms with Crippen LogP contribution < -0.4 is 4.90 Å². The van der Waals surface area contributed by atoms with Gasteiger partial charge >= 0.3 is 6.18 Å². The first-order chi connectivity index (χ1) is 14.0. The van der Waals surface area contributed by atoms with Gasteiger partial charge in [-0.3, -0.25) is 4.79 Å². The Bertz CT molecular complexity index is 1130. The number of carbonyl (C=O) groups excluding carboxylic acids is 1. The van der Waals surface area contributed by atoms with Crippen molar-refractivity contribution in [3.63, 3.8) is 0 Å². The summed E-state index contributed by atoms with van der Waals surface area (Å²) in [5.74, 6) is 0.588. The maximum absolute atomic E-state index is 13.2. The normalized spacial score (nSPS) is 18.8. The van der Waals surface area contributed by atoms with Gasteiger partial charge in [0, 0.05) is 18.3 Å². The standard InChI is InChI=1S/C23H21F3N2O2/c1-13-18(14(2)30-27-13)12-22(3)19-11-16(8-9-20(19)28(4)21(22)29)15-6-5-7-17(10-15)23(24,25)26/h5-11H,12H2,1-4H3. The fraction of sp³-hybridized carbons (Fsp3) is 0.304. The molecule has 30 heavy (non-hydrogen) atoms. The second kappa shape index (κ2) is 6.72. The van der Waals surface area contributed by atoms with Crippen molar-refractivity contribution in [2.75, 3.05) is 11.9 Å². The fourth-order valence-electron chi connectivity index (χ4n) is 4.20. The number of carbonyl (C=O) groups is 1. The number of alkyl halides is 3. The highest BCUT2D eigenvalue weighted by molar-refractivity contribution is 6.08. The first-order valence-electron chi connectivity index (χ1n) is 9.54. The topological polar surface area (TPSA) is 46.3 Å². The van der Waals surface area contributed by atoms with E-state index in [1.165, 1.54) is 6.07 Å². The van der Waals surface area contributed by atoms with Crippen LogP contribution in [0.4, 0.5) is 18.9 Å². The van der Waals surface area contributed by atoms with Gasteiger partial charge in [-0.1, -0.05) is 23.4 Å². The lowest BCUT2D eigenvalue weighted by atomic mass is 9.77. The molecule has 0 saturated heterocycles. The molecule has 4 nitrogen and oxygen atoms in total. The van der Waals surface area contributed by atoms with E-state index in [0.29, 0.717) is 23.3 Å². The predicted molar refractivity (Wildman–Crippen MR) is 107 cm³/mol. The Balaban J connectivity index is 1.82. The monoisotopic (exact) mass is 414 g/mol. The van der Waals surface area contributed by atoms with Crippen LogP contribution in [0, 0.1) is 13.8 Å². The Morgan fingerprint density at radius 2 is 1.80 bits per heavy atom. The molecule has 0 N–H and O–H groups in total. The van der Waals surface area contributed by atoms with Crippen LogP contribution in [0.15, 0.2) is 47.0 Å². The molecule has 4 rings (SSSR count). The number of nitrogens with zero attached hydrogens (tertiary/aromatic N) is 2. The predicted octanol–water partition coefficient (Wildman–Crippen LogP) is 5.45. The molecule has 0 bridgehead atoms. The molecule has 1 amide bonds. The van der Waals surface area contributed by atoms with Gasteiger partial charge in [0.25, 0.3) is 0 Å². The van der Waals surface area contributed by atoms with Crippen LogP contribution in [0.3, 0.4) is 0 Å². The summed E-state index contributed by atoms with van der Waals surface area (Å²) in [7, 11) is 1.71. The molecule has 1 unspecified atom stereocenters. The van der Waals surface area contributed by atoms with Crippen molar-refractivity contribution in [1.82, 2.24) is 5.16 Å². The number of hydrogen-bond donors (Lipinski definition) is 0. The van der Waals surface area contributed by atoms with Crippen LogP contribution in [-0.4, -0.2) is 18.1 Å². The van der Waals surface area contributed by atoms with Gasteiger partial charge in [-0.2, -0.15) is 13.2 Å². The number of likely N-dealkylation sites (N-methyl/N-ethyl adjacent to an activating group) is 1. The lowest BCUT2D eigenvalue weighted by molar-refractivity contribution is -0.137. The van der Waals surface area contributed by atoms with Crippen LogP contribution in [0.5, 0.6) is 0 Å². The zero-order valence-electron chi connectivity index (χ0n) is 17.1. The van der Waals surface area contributed by atoms with Crippen molar-refractivity contribution in [2.45, 2.75) is 38.8 Å². The van der Waals surface area contributed by atoms with Crippen molar-refractivity contribution >= 4 is 11.6 Å². The van der Waals surface area contributed by atoms with Crippen molar-refractivity contribution < 1.29 is 22.5 Å². The lowest BCUT2D eigenvalue weighted by Crippen LogP contribution is -2.38. The minimum absolute atomic E-state index is 0.0707. The summed E-state index contributed by atoms with van der Waals surface area (Å²) in [6.45, 7) is 5.50. The molecule has 2 heterocycles. The van der Waals surface area contributed by atoms with E-state index >= 15 is 0 Å². The highest BCUT2D eigenvalue weighted by Crippen LogP contribution is 2.45. The van der Waals surface area contributed by atoms with Crippen molar-refractivity contribution in [1.29, 1.82) is 0 Å². The largest absolute Gasteiger partial charge is 0.416 e. The summed E-state index contributed by atoms with van der Waals surface area (Å²) in [6.07, 6.45) is -4.02.